The summed E-state index contributed by atoms with van der Waals surface area (Å²) < 4.78 is 10.2. The molecule has 0 aliphatic heterocycles. The SMILES string of the molecule is COCc1cc(C(O)CNC(C)Cc2ccc(OC)cc2)ccc1O.O=C(O)/C=C/C(=O)O. The van der Waals surface area contributed by atoms with Crippen molar-refractivity contribution in [3.8, 4) is 11.5 Å². The normalized spacial score (nSPS) is 12.5. The molecule has 0 fully saturated rings. The number of rotatable bonds is 11. The molecule has 0 bridgehead atoms. The van der Waals surface area contributed by atoms with Crippen LogP contribution in [0.2, 0.25) is 0 Å². The van der Waals surface area contributed by atoms with Crippen LogP contribution in [0.4, 0.5) is 0 Å². The Hall–Kier alpha value is -3.40. The van der Waals surface area contributed by atoms with Crippen molar-refractivity contribution in [1.82, 2.24) is 5.32 Å². The number of nitrogens with one attached hydrogen (secondary N) is 1. The van der Waals surface area contributed by atoms with Crippen LogP contribution < -0.4 is 10.1 Å². The minimum Gasteiger partial charge on any atom is -0.508 e. The van der Waals surface area contributed by atoms with Gasteiger partial charge in [0.05, 0.1) is 19.8 Å². The highest BCUT2D eigenvalue weighted by atomic mass is 16.5. The van der Waals surface area contributed by atoms with Crippen LogP contribution in [0.3, 0.4) is 0 Å². The van der Waals surface area contributed by atoms with E-state index in [0.29, 0.717) is 30.9 Å². The lowest BCUT2D eigenvalue weighted by Gasteiger charge is -2.18. The van der Waals surface area contributed by atoms with Gasteiger partial charge in [0.25, 0.3) is 0 Å². The number of aliphatic hydroxyl groups is 1. The Bertz CT molecular complexity index is 895. The van der Waals surface area contributed by atoms with Crippen molar-refractivity contribution in [3.63, 3.8) is 0 Å². The number of aliphatic hydroxyl groups excluding tert-OH is 1. The zero-order chi connectivity index (χ0) is 24.8. The third kappa shape index (κ3) is 11.2. The van der Waals surface area contributed by atoms with Crippen LogP contribution in [-0.2, 0) is 27.4 Å². The molecular formula is C24H31NO8. The average molecular weight is 462 g/mol. The summed E-state index contributed by atoms with van der Waals surface area (Å²) in [4.78, 5) is 19.1. The summed E-state index contributed by atoms with van der Waals surface area (Å²) in [5.41, 5.74) is 2.64. The lowest BCUT2D eigenvalue weighted by molar-refractivity contribution is -0.134. The number of ether oxygens (including phenoxy) is 2. The van der Waals surface area contributed by atoms with E-state index in [4.69, 9.17) is 19.7 Å². The molecule has 33 heavy (non-hydrogen) atoms. The van der Waals surface area contributed by atoms with Crippen LogP contribution in [0.1, 0.15) is 29.7 Å². The zero-order valence-electron chi connectivity index (χ0n) is 18.9. The number of benzene rings is 2. The summed E-state index contributed by atoms with van der Waals surface area (Å²) >= 11 is 0. The molecule has 180 valence electrons. The van der Waals surface area contributed by atoms with Gasteiger partial charge in [-0.2, -0.15) is 0 Å². The van der Waals surface area contributed by atoms with Gasteiger partial charge in [0, 0.05) is 37.4 Å². The first kappa shape index (κ1) is 27.6. The van der Waals surface area contributed by atoms with Gasteiger partial charge >= 0.3 is 11.9 Å². The Kier molecular flexibility index (Phi) is 12.2. The first-order chi connectivity index (χ1) is 15.7. The van der Waals surface area contributed by atoms with E-state index >= 15 is 0 Å². The van der Waals surface area contributed by atoms with E-state index in [2.05, 4.69) is 12.2 Å². The van der Waals surface area contributed by atoms with Gasteiger partial charge in [-0.3, -0.25) is 0 Å². The van der Waals surface area contributed by atoms with Gasteiger partial charge in [-0.15, -0.1) is 0 Å². The Morgan fingerprint density at radius 3 is 2.15 bits per heavy atom. The summed E-state index contributed by atoms with van der Waals surface area (Å²) in [6.07, 6.45) is 1.33. The molecule has 5 N–H and O–H groups in total. The van der Waals surface area contributed by atoms with E-state index in [-0.39, 0.29) is 11.8 Å². The van der Waals surface area contributed by atoms with Gasteiger partial charge in [-0.25, -0.2) is 9.59 Å². The number of carboxylic acids is 2. The van der Waals surface area contributed by atoms with Gasteiger partial charge in [-0.05, 0) is 48.7 Å². The first-order valence-electron chi connectivity index (χ1n) is 10.1. The molecule has 0 aromatic heterocycles. The van der Waals surface area contributed by atoms with Gasteiger partial charge in [-0.1, -0.05) is 18.2 Å². The van der Waals surface area contributed by atoms with Crippen molar-refractivity contribution < 1.29 is 39.5 Å². The van der Waals surface area contributed by atoms with E-state index in [0.717, 1.165) is 17.7 Å². The Labute approximate surface area is 192 Å². The summed E-state index contributed by atoms with van der Waals surface area (Å²) in [6, 6.07) is 13.3. The van der Waals surface area contributed by atoms with E-state index in [1.807, 2.05) is 24.3 Å². The van der Waals surface area contributed by atoms with Crippen LogP contribution in [0, 0.1) is 0 Å². The Morgan fingerprint density at radius 2 is 1.64 bits per heavy atom. The molecule has 9 heteroatoms. The molecule has 0 heterocycles. The number of hydrogen-bond donors (Lipinski definition) is 5. The molecule has 0 aliphatic rings. The second kappa shape index (κ2) is 14.6. The number of methoxy groups -OCH3 is 2. The molecule has 2 rings (SSSR count). The fourth-order valence-electron chi connectivity index (χ4n) is 2.84. The Balaban J connectivity index is 0.000000582. The third-order valence-corrected chi connectivity index (χ3v) is 4.52. The van der Waals surface area contributed by atoms with E-state index in [9.17, 15) is 19.8 Å². The number of carbonyl (C=O) groups is 2. The molecule has 2 unspecified atom stereocenters. The molecule has 0 amide bonds. The smallest absolute Gasteiger partial charge is 0.328 e. The fraction of sp³-hybridized carbons (Fsp3) is 0.333. The maximum atomic E-state index is 10.4. The molecule has 0 radical (unpaired) electrons. The summed E-state index contributed by atoms with van der Waals surface area (Å²) in [5, 5.41) is 39.1. The quantitative estimate of drug-likeness (QED) is 0.319. The lowest BCUT2D eigenvalue weighted by atomic mass is 10.0. The molecule has 0 saturated heterocycles. The monoisotopic (exact) mass is 461 g/mol. The van der Waals surface area contributed by atoms with Crippen molar-refractivity contribution in [1.29, 1.82) is 0 Å². The average Bonchev–Trinajstić information content (AvgIpc) is 2.78. The zero-order valence-corrected chi connectivity index (χ0v) is 18.9. The highest BCUT2D eigenvalue weighted by Crippen LogP contribution is 2.23. The van der Waals surface area contributed by atoms with E-state index in [1.54, 1.807) is 32.4 Å². The number of phenolic OH excluding ortho intramolecular Hbond substituents is 1. The summed E-state index contributed by atoms with van der Waals surface area (Å²) in [5.74, 6) is -1.49. The second-order valence-electron chi connectivity index (χ2n) is 7.21. The molecule has 9 nitrogen and oxygen atoms in total. The van der Waals surface area contributed by atoms with Crippen molar-refractivity contribution in [2.24, 2.45) is 0 Å². The molecule has 2 atom stereocenters. The van der Waals surface area contributed by atoms with Crippen molar-refractivity contribution >= 4 is 11.9 Å². The molecule has 2 aromatic carbocycles. The van der Waals surface area contributed by atoms with E-state index in [1.165, 1.54) is 5.56 Å². The predicted molar refractivity (Wildman–Crippen MR) is 122 cm³/mol. The van der Waals surface area contributed by atoms with Gasteiger partial charge < -0.3 is 35.2 Å². The molecular weight excluding hydrogens is 430 g/mol. The minimum absolute atomic E-state index is 0.179. The molecule has 0 aliphatic carbocycles. The first-order valence-corrected chi connectivity index (χ1v) is 10.1. The van der Waals surface area contributed by atoms with Crippen LogP contribution in [0.25, 0.3) is 0 Å². The van der Waals surface area contributed by atoms with E-state index < -0.39 is 18.0 Å². The van der Waals surface area contributed by atoms with Crippen LogP contribution in [0.15, 0.2) is 54.6 Å². The van der Waals surface area contributed by atoms with Crippen molar-refractivity contribution in [3.05, 3.63) is 71.3 Å². The fourth-order valence-corrected chi connectivity index (χ4v) is 2.84. The highest BCUT2D eigenvalue weighted by molar-refractivity contribution is 5.89. The third-order valence-electron chi connectivity index (χ3n) is 4.52. The number of phenols is 1. The molecule has 2 aromatic rings. The Morgan fingerprint density at radius 1 is 1.03 bits per heavy atom. The largest absolute Gasteiger partial charge is 0.508 e. The second-order valence-corrected chi connectivity index (χ2v) is 7.21. The van der Waals surface area contributed by atoms with Gasteiger partial charge in [0.15, 0.2) is 0 Å². The van der Waals surface area contributed by atoms with Crippen LogP contribution in [0.5, 0.6) is 11.5 Å². The van der Waals surface area contributed by atoms with Crippen molar-refractivity contribution in [2.75, 3.05) is 20.8 Å². The summed E-state index contributed by atoms with van der Waals surface area (Å²) in [6.45, 7) is 2.84. The minimum atomic E-state index is -1.26. The molecule has 0 saturated carbocycles. The number of hydrogen-bond acceptors (Lipinski definition) is 7. The van der Waals surface area contributed by atoms with Crippen LogP contribution >= 0.6 is 0 Å². The number of aromatic hydroxyl groups is 1. The molecule has 0 spiro atoms. The topological polar surface area (TPSA) is 146 Å². The number of aliphatic carboxylic acids is 2. The van der Waals surface area contributed by atoms with Crippen molar-refractivity contribution in [2.45, 2.75) is 32.1 Å². The van der Waals surface area contributed by atoms with Gasteiger partial charge in [0.2, 0.25) is 0 Å². The van der Waals surface area contributed by atoms with Gasteiger partial charge in [0.1, 0.15) is 11.5 Å². The lowest BCUT2D eigenvalue weighted by Crippen LogP contribution is -2.32. The highest BCUT2D eigenvalue weighted by Gasteiger charge is 2.12. The standard InChI is InChI=1S/C20H27NO4.C4H4O4/c1-14(10-15-4-7-18(25-3)8-5-15)21-12-20(23)16-6-9-19(22)17(11-16)13-24-2;5-3(6)1-2-4(7)8/h4-9,11,14,20-23H,10,12-13H2,1-3H3;1-2H,(H,5,6)(H,7,8)/b;2-1+. The number of carboxylic acid groups (broad SMARTS) is 2. The predicted octanol–water partition coefficient (Wildman–Crippen LogP) is 2.51. The summed E-state index contributed by atoms with van der Waals surface area (Å²) in [7, 11) is 3.23. The maximum absolute atomic E-state index is 10.4. The van der Waals surface area contributed by atoms with Crippen LogP contribution in [-0.4, -0.2) is 59.2 Å². The maximum Gasteiger partial charge on any atom is 0.328 e.